The van der Waals surface area contributed by atoms with Gasteiger partial charge in [0, 0.05) is 19.3 Å². The first-order valence-electron chi connectivity index (χ1n) is 7.44. The molecule has 0 aromatic heterocycles. The van der Waals surface area contributed by atoms with E-state index in [9.17, 15) is 18.4 Å². The van der Waals surface area contributed by atoms with Crippen LogP contribution in [0, 0.1) is 11.6 Å². The monoisotopic (exact) mass is 337 g/mol. The zero-order valence-corrected chi connectivity index (χ0v) is 13.9. The third kappa shape index (κ3) is 4.91. The third-order valence-electron chi connectivity index (χ3n) is 3.32. The molecule has 130 valence electrons. The zero-order valence-electron chi connectivity index (χ0n) is 13.9. The Bertz CT molecular complexity index is 652. The molecule has 1 aromatic carbocycles. The van der Waals surface area contributed by atoms with Gasteiger partial charge in [-0.1, -0.05) is 19.6 Å². The normalized spacial score (nSPS) is 12.3. The summed E-state index contributed by atoms with van der Waals surface area (Å²) >= 11 is 0. The molecule has 1 aromatic rings. The van der Waals surface area contributed by atoms with Crippen molar-refractivity contribution in [1.29, 1.82) is 0 Å². The Morgan fingerprint density at radius 2 is 1.88 bits per heavy atom. The Kier molecular flexibility index (Phi) is 7.10. The van der Waals surface area contributed by atoms with E-state index in [1.165, 1.54) is 6.20 Å². The number of carbonyl (C=O) groups is 2. The first kappa shape index (κ1) is 19.3. The molecule has 1 rings (SSSR count). The fraction of sp³-hybridized carbons (Fsp3) is 0.294. The van der Waals surface area contributed by atoms with E-state index in [4.69, 9.17) is 0 Å². The molecule has 3 N–H and O–H groups in total. The van der Waals surface area contributed by atoms with Gasteiger partial charge in [0.1, 0.15) is 17.2 Å². The summed E-state index contributed by atoms with van der Waals surface area (Å²) in [5.74, 6) is -3.48. The topological polar surface area (TPSA) is 70.2 Å². The van der Waals surface area contributed by atoms with Crippen LogP contribution in [0.4, 0.5) is 8.78 Å². The predicted molar refractivity (Wildman–Crippen MR) is 88.0 cm³/mol. The van der Waals surface area contributed by atoms with E-state index in [-0.39, 0.29) is 17.3 Å². The Morgan fingerprint density at radius 3 is 2.38 bits per heavy atom. The summed E-state index contributed by atoms with van der Waals surface area (Å²) in [4.78, 5) is 24.2. The van der Waals surface area contributed by atoms with Crippen LogP contribution in [-0.2, 0) is 4.79 Å². The summed E-state index contributed by atoms with van der Waals surface area (Å²) in [6.45, 7) is 7.35. The average molecular weight is 337 g/mol. The maximum absolute atomic E-state index is 13.7. The summed E-state index contributed by atoms with van der Waals surface area (Å²) < 4.78 is 27.4. The van der Waals surface area contributed by atoms with Crippen molar-refractivity contribution >= 4 is 11.8 Å². The SMILES string of the molecule is C=C(C(=O)NC(C)CC)/C(=C/NC)NC(=O)c1c(F)cccc1F. The van der Waals surface area contributed by atoms with Gasteiger partial charge in [-0.2, -0.15) is 0 Å². The summed E-state index contributed by atoms with van der Waals surface area (Å²) in [5, 5.41) is 7.66. The molecule has 7 heteroatoms. The molecular formula is C17H21F2N3O2. The smallest absolute Gasteiger partial charge is 0.261 e. The van der Waals surface area contributed by atoms with Crippen LogP contribution >= 0.6 is 0 Å². The van der Waals surface area contributed by atoms with Crippen LogP contribution in [-0.4, -0.2) is 24.9 Å². The number of halogens is 2. The minimum atomic E-state index is -1.01. The van der Waals surface area contributed by atoms with E-state index in [1.54, 1.807) is 7.05 Å². The molecule has 0 aliphatic rings. The summed E-state index contributed by atoms with van der Waals surface area (Å²) in [5.41, 5.74) is -0.740. The van der Waals surface area contributed by atoms with E-state index < -0.39 is 29.0 Å². The molecule has 0 aliphatic heterocycles. The Labute approximate surface area is 139 Å². The quantitative estimate of drug-likeness (QED) is 0.528. The van der Waals surface area contributed by atoms with Gasteiger partial charge < -0.3 is 16.0 Å². The van der Waals surface area contributed by atoms with E-state index in [1.807, 2.05) is 13.8 Å². The lowest BCUT2D eigenvalue weighted by Gasteiger charge is -2.16. The minimum Gasteiger partial charge on any atom is -0.392 e. The van der Waals surface area contributed by atoms with Crippen molar-refractivity contribution < 1.29 is 18.4 Å². The van der Waals surface area contributed by atoms with Gasteiger partial charge in [0.05, 0.1) is 11.3 Å². The fourth-order valence-corrected chi connectivity index (χ4v) is 1.78. The molecule has 24 heavy (non-hydrogen) atoms. The Balaban J connectivity index is 2.98. The van der Waals surface area contributed by atoms with Crippen LogP contribution < -0.4 is 16.0 Å². The Morgan fingerprint density at radius 1 is 1.29 bits per heavy atom. The number of rotatable bonds is 7. The van der Waals surface area contributed by atoms with Crippen LogP contribution in [0.15, 0.2) is 42.2 Å². The fourth-order valence-electron chi connectivity index (χ4n) is 1.78. The van der Waals surface area contributed by atoms with Gasteiger partial charge in [0.25, 0.3) is 11.8 Å². The van der Waals surface area contributed by atoms with E-state index in [0.29, 0.717) is 0 Å². The molecule has 0 bridgehead atoms. The van der Waals surface area contributed by atoms with E-state index in [0.717, 1.165) is 24.6 Å². The lowest BCUT2D eigenvalue weighted by molar-refractivity contribution is -0.117. The summed E-state index contributed by atoms with van der Waals surface area (Å²) in [6.07, 6.45) is 2.03. The zero-order chi connectivity index (χ0) is 18.3. The molecule has 0 radical (unpaired) electrons. The van der Waals surface area contributed by atoms with Gasteiger partial charge in [0.15, 0.2) is 0 Å². The van der Waals surface area contributed by atoms with Gasteiger partial charge in [-0.3, -0.25) is 9.59 Å². The lowest BCUT2D eigenvalue weighted by atomic mass is 10.1. The van der Waals surface area contributed by atoms with Crippen molar-refractivity contribution in [3.8, 4) is 0 Å². The lowest BCUT2D eigenvalue weighted by Crippen LogP contribution is -2.36. The second-order valence-electron chi connectivity index (χ2n) is 5.16. The summed E-state index contributed by atoms with van der Waals surface area (Å²) in [6, 6.07) is 3.03. The van der Waals surface area contributed by atoms with Gasteiger partial charge in [0.2, 0.25) is 0 Å². The number of carbonyl (C=O) groups excluding carboxylic acids is 2. The van der Waals surface area contributed by atoms with E-state index >= 15 is 0 Å². The average Bonchev–Trinajstić information content (AvgIpc) is 2.53. The van der Waals surface area contributed by atoms with Crippen molar-refractivity contribution in [1.82, 2.24) is 16.0 Å². The molecule has 0 heterocycles. The first-order valence-corrected chi connectivity index (χ1v) is 7.44. The highest BCUT2D eigenvalue weighted by atomic mass is 19.1. The second-order valence-corrected chi connectivity index (χ2v) is 5.16. The Hall–Kier alpha value is -2.70. The molecular weight excluding hydrogens is 316 g/mol. The van der Waals surface area contributed by atoms with Gasteiger partial charge >= 0.3 is 0 Å². The van der Waals surface area contributed by atoms with Crippen LogP contribution in [0.2, 0.25) is 0 Å². The van der Waals surface area contributed by atoms with Gasteiger partial charge in [-0.25, -0.2) is 8.78 Å². The molecule has 0 spiro atoms. The highest BCUT2D eigenvalue weighted by Crippen LogP contribution is 2.14. The van der Waals surface area contributed by atoms with Crippen molar-refractivity contribution in [3.63, 3.8) is 0 Å². The molecule has 5 nitrogen and oxygen atoms in total. The van der Waals surface area contributed by atoms with Crippen LogP contribution in [0.1, 0.15) is 30.6 Å². The highest BCUT2D eigenvalue weighted by molar-refractivity contribution is 6.01. The maximum atomic E-state index is 13.7. The third-order valence-corrected chi connectivity index (χ3v) is 3.32. The molecule has 1 atom stereocenters. The molecule has 2 amide bonds. The van der Waals surface area contributed by atoms with Crippen molar-refractivity contribution in [3.05, 3.63) is 59.4 Å². The maximum Gasteiger partial charge on any atom is 0.261 e. The molecule has 1 unspecified atom stereocenters. The first-order chi connectivity index (χ1) is 11.3. The second kappa shape index (κ2) is 8.81. The highest BCUT2D eigenvalue weighted by Gasteiger charge is 2.21. The molecule has 0 saturated heterocycles. The van der Waals surface area contributed by atoms with Crippen LogP contribution in [0.3, 0.4) is 0 Å². The summed E-state index contributed by atoms with van der Waals surface area (Å²) in [7, 11) is 1.55. The van der Waals surface area contributed by atoms with Gasteiger partial charge in [-0.15, -0.1) is 0 Å². The van der Waals surface area contributed by atoms with Crippen molar-refractivity contribution in [2.45, 2.75) is 26.3 Å². The molecule has 0 fully saturated rings. The molecule has 0 aliphatic carbocycles. The number of benzene rings is 1. The van der Waals surface area contributed by atoms with Gasteiger partial charge in [-0.05, 0) is 25.5 Å². The van der Waals surface area contributed by atoms with Crippen LogP contribution in [0.5, 0.6) is 0 Å². The number of hydrogen-bond donors (Lipinski definition) is 3. The van der Waals surface area contributed by atoms with Crippen LogP contribution in [0.25, 0.3) is 0 Å². The molecule has 0 saturated carbocycles. The predicted octanol–water partition coefficient (Wildman–Crippen LogP) is 2.23. The largest absolute Gasteiger partial charge is 0.392 e. The van der Waals surface area contributed by atoms with Crippen molar-refractivity contribution in [2.75, 3.05) is 7.05 Å². The number of hydrogen-bond acceptors (Lipinski definition) is 3. The van der Waals surface area contributed by atoms with Crippen molar-refractivity contribution in [2.24, 2.45) is 0 Å². The van der Waals surface area contributed by atoms with E-state index in [2.05, 4.69) is 22.5 Å². The number of nitrogens with one attached hydrogen (secondary N) is 3. The minimum absolute atomic E-state index is 0.0194. The number of amides is 2. The standard InChI is InChI=1S/C17H21F2N3O2/c1-5-10(2)21-16(23)11(3)14(9-20-4)22-17(24)15-12(18)7-6-8-13(15)19/h6-10,20H,3,5H2,1-2,4H3,(H,21,23)(H,22,24)/b14-9-.